The fourth-order valence-electron chi connectivity index (χ4n) is 2.90. The lowest BCUT2D eigenvalue weighted by atomic mass is 9.98. The second-order valence-electron chi connectivity index (χ2n) is 5.65. The molecular formula is C13H25ClN4O3. The van der Waals surface area contributed by atoms with Gasteiger partial charge in [-0.15, -0.1) is 12.4 Å². The Bertz CT molecular complexity index is 365. The Morgan fingerprint density at radius 2 is 2.05 bits per heavy atom. The minimum atomic E-state index is -0.674. The zero-order chi connectivity index (χ0) is 14.5. The quantitative estimate of drug-likeness (QED) is 0.592. The van der Waals surface area contributed by atoms with E-state index in [1.807, 2.05) is 0 Å². The number of ether oxygens (including phenoxy) is 1. The SMILES string of the molecule is COCCN1C[C@H](NC(=O)CNC(N)=O)[C@@H](C2CC2)C1.Cl. The third kappa shape index (κ3) is 5.68. The van der Waals surface area contributed by atoms with Crippen molar-refractivity contribution in [2.24, 2.45) is 17.6 Å². The molecule has 122 valence electrons. The third-order valence-electron chi connectivity index (χ3n) is 4.05. The summed E-state index contributed by atoms with van der Waals surface area (Å²) in [6.45, 7) is 3.42. The summed E-state index contributed by atoms with van der Waals surface area (Å²) < 4.78 is 5.11. The van der Waals surface area contributed by atoms with Gasteiger partial charge in [-0.2, -0.15) is 0 Å². The second-order valence-corrected chi connectivity index (χ2v) is 5.65. The van der Waals surface area contributed by atoms with E-state index >= 15 is 0 Å². The van der Waals surface area contributed by atoms with Gasteiger partial charge in [0.15, 0.2) is 0 Å². The van der Waals surface area contributed by atoms with Gasteiger partial charge in [-0.25, -0.2) is 4.79 Å². The zero-order valence-electron chi connectivity index (χ0n) is 12.3. The summed E-state index contributed by atoms with van der Waals surface area (Å²) in [5.74, 6) is 1.08. The summed E-state index contributed by atoms with van der Waals surface area (Å²) >= 11 is 0. The number of amides is 3. The van der Waals surface area contributed by atoms with E-state index in [4.69, 9.17) is 10.5 Å². The molecule has 21 heavy (non-hydrogen) atoms. The maximum atomic E-state index is 11.8. The number of hydrogen-bond donors (Lipinski definition) is 3. The maximum absolute atomic E-state index is 11.8. The molecular weight excluding hydrogens is 296 g/mol. The van der Waals surface area contributed by atoms with Crippen LogP contribution in [0.1, 0.15) is 12.8 Å². The van der Waals surface area contributed by atoms with Gasteiger partial charge >= 0.3 is 6.03 Å². The lowest BCUT2D eigenvalue weighted by Gasteiger charge is -2.19. The topological polar surface area (TPSA) is 96.7 Å². The van der Waals surface area contributed by atoms with Crippen molar-refractivity contribution in [2.75, 3.05) is 39.9 Å². The number of nitrogens with one attached hydrogen (secondary N) is 2. The molecule has 3 amide bonds. The molecule has 8 heteroatoms. The van der Waals surface area contributed by atoms with Gasteiger partial charge in [-0.05, 0) is 24.7 Å². The standard InChI is InChI=1S/C13H24N4O3.ClH/c1-20-5-4-17-7-10(9-2-3-9)11(8-17)16-12(18)6-15-13(14)19;/h9-11H,2-8H2,1H3,(H,16,18)(H3,14,15,19);1H/t10-,11+;/m1./s1. The van der Waals surface area contributed by atoms with Crippen molar-refractivity contribution >= 4 is 24.3 Å². The molecule has 1 aliphatic carbocycles. The molecule has 2 aliphatic rings. The van der Waals surface area contributed by atoms with Crippen molar-refractivity contribution in [2.45, 2.75) is 18.9 Å². The zero-order valence-corrected chi connectivity index (χ0v) is 13.2. The minimum absolute atomic E-state index is 0. The first-order valence-electron chi connectivity index (χ1n) is 7.14. The summed E-state index contributed by atoms with van der Waals surface area (Å²) in [5.41, 5.74) is 4.96. The van der Waals surface area contributed by atoms with Crippen LogP contribution < -0.4 is 16.4 Å². The summed E-state index contributed by atoms with van der Waals surface area (Å²) in [6, 6.07) is -0.506. The largest absolute Gasteiger partial charge is 0.383 e. The van der Waals surface area contributed by atoms with Gasteiger partial charge in [0.2, 0.25) is 5.91 Å². The number of primary amides is 1. The molecule has 2 fully saturated rings. The summed E-state index contributed by atoms with van der Waals surface area (Å²) in [4.78, 5) is 24.7. The number of methoxy groups -OCH3 is 1. The van der Waals surface area contributed by atoms with Crippen LogP contribution >= 0.6 is 12.4 Å². The molecule has 0 bridgehead atoms. The molecule has 0 aromatic carbocycles. The Hall–Kier alpha value is -1.05. The van der Waals surface area contributed by atoms with Gasteiger partial charge in [-0.3, -0.25) is 9.69 Å². The number of halogens is 1. The highest BCUT2D eigenvalue weighted by atomic mass is 35.5. The fraction of sp³-hybridized carbons (Fsp3) is 0.846. The van der Waals surface area contributed by atoms with Crippen LogP contribution in [0.5, 0.6) is 0 Å². The molecule has 2 atom stereocenters. The van der Waals surface area contributed by atoms with Crippen LogP contribution in [0.3, 0.4) is 0 Å². The van der Waals surface area contributed by atoms with Crippen molar-refractivity contribution in [3.63, 3.8) is 0 Å². The van der Waals surface area contributed by atoms with E-state index in [0.29, 0.717) is 12.5 Å². The normalized spacial score (nSPS) is 25.2. The van der Waals surface area contributed by atoms with E-state index in [9.17, 15) is 9.59 Å². The van der Waals surface area contributed by atoms with Crippen LogP contribution in [0, 0.1) is 11.8 Å². The highest BCUT2D eigenvalue weighted by Gasteiger charge is 2.42. The number of carbonyl (C=O) groups excluding carboxylic acids is 2. The number of nitrogens with two attached hydrogens (primary N) is 1. The molecule has 4 N–H and O–H groups in total. The van der Waals surface area contributed by atoms with E-state index in [2.05, 4.69) is 15.5 Å². The van der Waals surface area contributed by atoms with Gasteiger partial charge in [0.1, 0.15) is 0 Å². The Balaban J connectivity index is 0.00000220. The number of hydrogen-bond acceptors (Lipinski definition) is 4. The smallest absolute Gasteiger partial charge is 0.312 e. The van der Waals surface area contributed by atoms with Crippen molar-refractivity contribution in [1.82, 2.24) is 15.5 Å². The number of carbonyl (C=O) groups is 2. The molecule has 1 saturated heterocycles. The maximum Gasteiger partial charge on any atom is 0.312 e. The first-order chi connectivity index (χ1) is 9.60. The predicted octanol–water partition coefficient (Wildman–Crippen LogP) is -0.450. The average molecular weight is 321 g/mol. The average Bonchev–Trinajstić information content (AvgIpc) is 3.17. The third-order valence-corrected chi connectivity index (χ3v) is 4.05. The molecule has 2 rings (SSSR count). The Labute approximate surface area is 131 Å². The van der Waals surface area contributed by atoms with Gasteiger partial charge < -0.3 is 21.1 Å². The summed E-state index contributed by atoms with van der Waals surface area (Å²) in [7, 11) is 1.70. The van der Waals surface area contributed by atoms with Crippen molar-refractivity contribution in [3.05, 3.63) is 0 Å². The molecule has 0 aromatic rings. The van der Waals surface area contributed by atoms with Crippen LogP contribution in [0.4, 0.5) is 4.79 Å². The number of likely N-dealkylation sites (tertiary alicyclic amines) is 1. The molecule has 1 heterocycles. The lowest BCUT2D eigenvalue weighted by Crippen LogP contribution is -2.46. The van der Waals surface area contributed by atoms with Crippen LogP contribution in [-0.2, 0) is 9.53 Å². The number of urea groups is 1. The van der Waals surface area contributed by atoms with Crippen molar-refractivity contribution in [3.8, 4) is 0 Å². The molecule has 0 aromatic heterocycles. The molecule has 0 radical (unpaired) electrons. The van der Waals surface area contributed by atoms with Gasteiger partial charge in [0.25, 0.3) is 0 Å². The molecule has 0 spiro atoms. The number of nitrogens with zero attached hydrogens (tertiary/aromatic N) is 1. The van der Waals surface area contributed by atoms with E-state index in [1.165, 1.54) is 12.8 Å². The fourth-order valence-corrected chi connectivity index (χ4v) is 2.90. The van der Waals surface area contributed by atoms with E-state index < -0.39 is 6.03 Å². The van der Waals surface area contributed by atoms with Gasteiger partial charge in [0, 0.05) is 32.8 Å². The van der Waals surface area contributed by atoms with E-state index in [0.717, 1.165) is 25.6 Å². The van der Waals surface area contributed by atoms with Crippen LogP contribution in [0.15, 0.2) is 0 Å². The second kappa shape index (κ2) is 8.41. The Morgan fingerprint density at radius 1 is 1.33 bits per heavy atom. The number of rotatable bonds is 7. The Morgan fingerprint density at radius 3 is 2.62 bits per heavy atom. The summed E-state index contributed by atoms with van der Waals surface area (Å²) in [5, 5.41) is 5.34. The molecule has 1 aliphatic heterocycles. The van der Waals surface area contributed by atoms with Gasteiger partial charge in [0.05, 0.1) is 13.2 Å². The van der Waals surface area contributed by atoms with Crippen LogP contribution in [0.25, 0.3) is 0 Å². The molecule has 1 saturated carbocycles. The van der Waals surface area contributed by atoms with Crippen LogP contribution in [0.2, 0.25) is 0 Å². The van der Waals surface area contributed by atoms with E-state index in [1.54, 1.807) is 7.11 Å². The minimum Gasteiger partial charge on any atom is -0.383 e. The molecule has 0 unspecified atom stereocenters. The predicted molar refractivity (Wildman–Crippen MR) is 81.3 cm³/mol. The molecule has 7 nitrogen and oxygen atoms in total. The highest BCUT2D eigenvalue weighted by Crippen LogP contribution is 2.41. The summed E-state index contributed by atoms with van der Waals surface area (Å²) in [6.07, 6.45) is 2.52. The highest BCUT2D eigenvalue weighted by molar-refractivity contribution is 5.85. The van der Waals surface area contributed by atoms with Crippen molar-refractivity contribution in [1.29, 1.82) is 0 Å². The first kappa shape index (κ1) is 18.0. The van der Waals surface area contributed by atoms with Crippen molar-refractivity contribution < 1.29 is 14.3 Å². The van der Waals surface area contributed by atoms with Crippen LogP contribution in [-0.4, -0.2) is 62.8 Å². The lowest BCUT2D eigenvalue weighted by molar-refractivity contribution is -0.121. The monoisotopic (exact) mass is 320 g/mol. The first-order valence-corrected chi connectivity index (χ1v) is 7.14. The Kier molecular flexibility index (Phi) is 7.21. The van der Waals surface area contributed by atoms with Gasteiger partial charge in [-0.1, -0.05) is 0 Å². The van der Waals surface area contributed by atoms with E-state index in [-0.39, 0.29) is 30.9 Å².